The number of aromatic nitrogens is 2. The van der Waals surface area contributed by atoms with Gasteiger partial charge < -0.3 is 18.9 Å². The number of esters is 1. The van der Waals surface area contributed by atoms with Crippen molar-refractivity contribution in [3.05, 3.63) is 50.9 Å². The van der Waals surface area contributed by atoms with Crippen LogP contribution >= 0.6 is 11.3 Å². The molecular weight excluding hydrogens is 396 g/mol. The maximum Gasteiger partial charge on any atom is 0.306 e. The standard InChI is InChI=1S/C20H22N2O6S/c1-12-11-29-20-21-14(9-17(23)22(12)20)10-28-18(24)6-5-13-7-15(25-2)19(27-4)16(8-13)26-3/h7-9,11H,5-6,10H2,1-4H3. The fraction of sp³-hybridized carbons (Fsp3) is 0.350. The number of methoxy groups -OCH3 is 3. The second-order valence-electron chi connectivity index (χ2n) is 6.28. The van der Waals surface area contributed by atoms with E-state index in [1.54, 1.807) is 12.1 Å². The Morgan fingerprint density at radius 3 is 2.41 bits per heavy atom. The summed E-state index contributed by atoms with van der Waals surface area (Å²) in [5.41, 5.74) is 1.93. The molecule has 0 radical (unpaired) electrons. The van der Waals surface area contributed by atoms with Gasteiger partial charge in [0.25, 0.3) is 5.56 Å². The van der Waals surface area contributed by atoms with Crippen LogP contribution in [-0.2, 0) is 22.6 Å². The fourth-order valence-electron chi connectivity index (χ4n) is 2.93. The van der Waals surface area contributed by atoms with E-state index in [2.05, 4.69) is 4.98 Å². The summed E-state index contributed by atoms with van der Waals surface area (Å²) in [6, 6.07) is 4.98. The van der Waals surface area contributed by atoms with Crippen molar-refractivity contribution in [3.63, 3.8) is 0 Å². The molecule has 29 heavy (non-hydrogen) atoms. The summed E-state index contributed by atoms with van der Waals surface area (Å²) in [4.78, 5) is 29.3. The third-order valence-corrected chi connectivity index (χ3v) is 5.30. The van der Waals surface area contributed by atoms with Gasteiger partial charge in [0.15, 0.2) is 16.5 Å². The van der Waals surface area contributed by atoms with Gasteiger partial charge in [-0.2, -0.15) is 0 Å². The molecule has 3 aromatic rings. The zero-order chi connectivity index (χ0) is 21.0. The van der Waals surface area contributed by atoms with Crippen LogP contribution in [0.4, 0.5) is 0 Å². The van der Waals surface area contributed by atoms with Crippen LogP contribution in [0.5, 0.6) is 17.2 Å². The Morgan fingerprint density at radius 2 is 1.79 bits per heavy atom. The molecule has 0 bridgehead atoms. The number of ether oxygens (including phenoxy) is 4. The third-order valence-electron chi connectivity index (χ3n) is 4.35. The lowest BCUT2D eigenvalue weighted by molar-refractivity contribution is -0.145. The molecule has 1 aromatic carbocycles. The average Bonchev–Trinajstić information content (AvgIpc) is 3.10. The Labute approximate surface area is 171 Å². The van der Waals surface area contributed by atoms with E-state index in [1.165, 1.54) is 43.1 Å². The first-order valence-corrected chi connectivity index (χ1v) is 9.76. The number of fused-ring (bicyclic) bond motifs is 1. The summed E-state index contributed by atoms with van der Waals surface area (Å²) >= 11 is 1.37. The lowest BCUT2D eigenvalue weighted by Gasteiger charge is -2.14. The van der Waals surface area contributed by atoms with E-state index < -0.39 is 0 Å². The van der Waals surface area contributed by atoms with Gasteiger partial charge in [0.05, 0.1) is 27.0 Å². The SMILES string of the molecule is COc1cc(CCC(=O)OCc2cc(=O)n3c(C)csc3n2)cc(OC)c1OC. The van der Waals surface area contributed by atoms with Crippen LogP contribution < -0.4 is 19.8 Å². The van der Waals surface area contributed by atoms with Gasteiger partial charge in [0.2, 0.25) is 5.75 Å². The molecule has 0 fully saturated rings. The Hall–Kier alpha value is -3.07. The zero-order valence-corrected chi connectivity index (χ0v) is 17.5. The molecule has 3 rings (SSSR count). The molecule has 0 saturated heterocycles. The van der Waals surface area contributed by atoms with E-state index in [4.69, 9.17) is 18.9 Å². The topological polar surface area (TPSA) is 88.4 Å². The molecule has 0 amide bonds. The number of carbonyl (C=O) groups excluding carboxylic acids is 1. The number of carbonyl (C=O) groups is 1. The van der Waals surface area contributed by atoms with Gasteiger partial charge in [-0.05, 0) is 31.0 Å². The minimum absolute atomic E-state index is 0.0449. The molecule has 0 aliphatic heterocycles. The molecule has 9 heteroatoms. The molecule has 0 aliphatic rings. The molecule has 2 aromatic heterocycles. The minimum Gasteiger partial charge on any atom is -0.493 e. The lowest BCUT2D eigenvalue weighted by atomic mass is 10.1. The molecule has 154 valence electrons. The summed E-state index contributed by atoms with van der Waals surface area (Å²) < 4.78 is 22.7. The van der Waals surface area contributed by atoms with Crippen molar-refractivity contribution >= 4 is 22.3 Å². The van der Waals surface area contributed by atoms with Gasteiger partial charge in [-0.3, -0.25) is 14.0 Å². The average molecular weight is 418 g/mol. The second-order valence-corrected chi connectivity index (χ2v) is 7.11. The van der Waals surface area contributed by atoms with Crippen LogP contribution in [0, 0.1) is 6.92 Å². The van der Waals surface area contributed by atoms with Crippen molar-refractivity contribution in [2.45, 2.75) is 26.4 Å². The van der Waals surface area contributed by atoms with Gasteiger partial charge in [-0.15, -0.1) is 11.3 Å². The maximum atomic E-state index is 12.2. The first-order valence-electron chi connectivity index (χ1n) is 8.88. The molecule has 0 spiro atoms. The zero-order valence-electron chi connectivity index (χ0n) is 16.7. The van der Waals surface area contributed by atoms with Crippen LogP contribution in [0.1, 0.15) is 23.4 Å². The van der Waals surface area contributed by atoms with E-state index in [-0.39, 0.29) is 24.6 Å². The Kier molecular flexibility index (Phi) is 6.38. The summed E-state index contributed by atoms with van der Waals surface area (Å²) in [6.45, 7) is 1.80. The molecule has 0 unspecified atom stereocenters. The number of hydrogen-bond acceptors (Lipinski definition) is 8. The van der Waals surface area contributed by atoms with E-state index >= 15 is 0 Å². The van der Waals surface area contributed by atoms with E-state index in [0.29, 0.717) is 34.3 Å². The molecule has 0 N–H and O–H groups in total. The van der Waals surface area contributed by atoms with Crippen molar-refractivity contribution in [2.75, 3.05) is 21.3 Å². The van der Waals surface area contributed by atoms with Crippen LogP contribution in [0.15, 0.2) is 28.4 Å². The van der Waals surface area contributed by atoms with Crippen LogP contribution in [0.25, 0.3) is 4.96 Å². The summed E-state index contributed by atoms with van der Waals surface area (Å²) in [5.74, 6) is 1.17. The number of aryl methyl sites for hydroxylation is 2. The maximum absolute atomic E-state index is 12.2. The van der Waals surface area contributed by atoms with Crippen LogP contribution in [0.3, 0.4) is 0 Å². The molecule has 8 nitrogen and oxygen atoms in total. The fourth-order valence-corrected chi connectivity index (χ4v) is 3.82. The Balaban J connectivity index is 1.62. The highest BCUT2D eigenvalue weighted by Crippen LogP contribution is 2.38. The van der Waals surface area contributed by atoms with Crippen LogP contribution in [-0.4, -0.2) is 36.7 Å². The minimum atomic E-state index is -0.386. The van der Waals surface area contributed by atoms with E-state index in [9.17, 15) is 9.59 Å². The number of thiazole rings is 1. The predicted molar refractivity (Wildman–Crippen MR) is 108 cm³/mol. The van der Waals surface area contributed by atoms with Crippen molar-refractivity contribution in [2.24, 2.45) is 0 Å². The first-order chi connectivity index (χ1) is 14.0. The van der Waals surface area contributed by atoms with Gasteiger partial charge in [0.1, 0.15) is 6.61 Å². The van der Waals surface area contributed by atoms with Gasteiger partial charge in [0, 0.05) is 23.6 Å². The van der Waals surface area contributed by atoms with Gasteiger partial charge in [-0.25, -0.2) is 4.98 Å². The lowest BCUT2D eigenvalue weighted by Crippen LogP contribution is -2.16. The number of hydrogen-bond donors (Lipinski definition) is 0. The normalized spacial score (nSPS) is 10.8. The monoisotopic (exact) mass is 418 g/mol. The highest BCUT2D eigenvalue weighted by Gasteiger charge is 2.14. The quantitative estimate of drug-likeness (QED) is 0.520. The smallest absolute Gasteiger partial charge is 0.306 e. The van der Waals surface area contributed by atoms with Crippen LogP contribution in [0.2, 0.25) is 0 Å². The highest BCUT2D eigenvalue weighted by molar-refractivity contribution is 7.15. The van der Waals surface area contributed by atoms with Crippen molar-refractivity contribution in [3.8, 4) is 17.2 Å². The third kappa shape index (κ3) is 4.51. The summed E-state index contributed by atoms with van der Waals surface area (Å²) in [6.07, 6.45) is 0.604. The largest absolute Gasteiger partial charge is 0.493 e. The molecule has 0 aliphatic carbocycles. The van der Waals surface area contributed by atoms with Crippen molar-refractivity contribution in [1.29, 1.82) is 0 Å². The second kappa shape index (κ2) is 8.95. The highest BCUT2D eigenvalue weighted by atomic mass is 32.1. The molecule has 2 heterocycles. The number of benzene rings is 1. The van der Waals surface area contributed by atoms with Gasteiger partial charge >= 0.3 is 5.97 Å². The van der Waals surface area contributed by atoms with Crippen molar-refractivity contribution in [1.82, 2.24) is 9.38 Å². The molecule has 0 atom stereocenters. The number of rotatable bonds is 8. The van der Waals surface area contributed by atoms with E-state index in [1.807, 2.05) is 12.3 Å². The predicted octanol–water partition coefficient (Wildman–Crippen LogP) is 2.77. The number of nitrogens with zero attached hydrogens (tertiary/aromatic N) is 2. The first kappa shape index (κ1) is 20.7. The molecular formula is C20H22N2O6S. The Morgan fingerprint density at radius 1 is 1.10 bits per heavy atom. The molecule has 0 saturated carbocycles. The summed E-state index contributed by atoms with van der Waals surface area (Å²) in [5, 5.41) is 1.86. The Bertz CT molecular complexity index is 1060. The van der Waals surface area contributed by atoms with Gasteiger partial charge in [-0.1, -0.05) is 0 Å². The summed E-state index contributed by atoms with van der Waals surface area (Å²) in [7, 11) is 4.61. The van der Waals surface area contributed by atoms with E-state index in [0.717, 1.165) is 11.3 Å². The van der Waals surface area contributed by atoms with Crippen molar-refractivity contribution < 1.29 is 23.7 Å².